The van der Waals surface area contributed by atoms with Gasteiger partial charge in [-0.1, -0.05) is 32.4 Å². The Morgan fingerprint density at radius 2 is 1.85 bits per heavy atom. The number of fused-ring (bicyclic) bond motifs is 1. The predicted molar refractivity (Wildman–Crippen MR) is 127 cm³/mol. The van der Waals surface area contributed by atoms with Crippen LogP contribution in [-0.2, 0) is 25.2 Å². The van der Waals surface area contributed by atoms with Crippen molar-refractivity contribution < 1.29 is 28.7 Å². The Balaban J connectivity index is 2.05. The van der Waals surface area contributed by atoms with Crippen molar-refractivity contribution >= 4 is 32.6 Å². The molecular weight excluding hydrogens is 438 g/mol. The molecule has 0 spiro atoms. The molecule has 1 fully saturated rings. The third-order valence-corrected chi connectivity index (χ3v) is 7.94. The molecule has 0 radical (unpaired) electrons. The number of hydrogen-bond donors (Lipinski definition) is 1. The number of β-lactam (4-membered cyclic amide) rings is 1. The van der Waals surface area contributed by atoms with E-state index in [0.29, 0.717) is 25.0 Å². The second-order valence-corrected chi connectivity index (χ2v) is 13.2. The topological polar surface area (TPSA) is 101 Å². The number of Topliss-reactive ketones (excluding diaryl/α,β-unsaturated/α-hetero) is 1. The Morgan fingerprint density at radius 1 is 1.21 bits per heavy atom. The van der Waals surface area contributed by atoms with Crippen LogP contribution >= 0.6 is 0 Å². The Bertz CT molecular complexity index is 995. The highest BCUT2D eigenvalue weighted by atomic mass is 28.3. The smallest absolute Gasteiger partial charge is 0.395 e. The first-order chi connectivity index (χ1) is 15.3. The number of rotatable bonds is 5. The minimum Gasteiger partial charge on any atom is -0.474 e. The number of aliphatic carboxylic acids is 1. The molecule has 1 aromatic rings. The number of carbonyl (C=O) groups is 4. The summed E-state index contributed by atoms with van der Waals surface area (Å²) in [6.45, 7) is 14.4. The summed E-state index contributed by atoms with van der Waals surface area (Å²) in [5, 5.41) is 9.36. The van der Waals surface area contributed by atoms with E-state index in [1.807, 2.05) is 59.8 Å². The molecule has 7 nitrogen and oxygen atoms in total. The Kier molecular flexibility index (Phi) is 7.01. The van der Waals surface area contributed by atoms with Gasteiger partial charge in [-0.2, -0.15) is 0 Å². The van der Waals surface area contributed by atoms with Crippen molar-refractivity contribution in [1.29, 1.82) is 0 Å². The molecule has 0 bridgehead atoms. The van der Waals surface area contributed by atoms with Gasteiger partial charge in [0.1, 0.15) is 0 Å². The lowest BCUT2D eigenvalue weighted by atomic mass is 9.61. The number of carbonyl (C=O) groups excluding carboxylic acids is 3. The normalized spacial score (nSPS) is 23.9. The number of ketones is 1. The number of imide groups is 1. The maximum absolute atomic E-state index is 13.7. The van der Waals surface area contributed by atoms with E-state index in [1.165, 1.54) is 0 Å². The minimum atomic E-state index is -1.68. The van der Waals surface area contributed by atoms with Crippen LogP contribution in [0.2, 0.25) is 13.1 Å². The van der Waals surface area contributed by atoms with E-state index in [4.69, 9.17) is 4.43 Å². The summed E-state index contributed by atoms with van der Waals surface area (Å²) < 4.78 is 6.01. The van der Waals surface area contributed by atoms with Crippen LogP contribution in [-0.4, -0.2) is 55.3 Å². The van der Waals surface area contributed by atoms with Gasteiger partial charge in [0.05, 0.1) is 12.0 Å². The van der Waals surface area contributed by atoms with E-state index in [1.54, 1.807) is 0 Å². The minimum absolute atomic E-state index is 0.111. The van der Waals surface area contributed by atoms with E-state index in [0.717, 1.165) is 21.6 Å². The zero-order valence-corrected chi connectivity index (χ0v) is 21.8. The molecule has 1 saturated heterocycles. The summed E-state index contributed by atoms with van der Waals surface area (Å²) in [6.07, 6.45) is 1.13. The van der Waals surface area contributed by atoms with E-state index in [-0.39, 0.29) is 17.1 Å². The predicted octanol–water partition coefficient (Wildman–Crippen LogP) is 3.15. The molecule has 33 heavy (non-hydrogen) atoms. The number of hydrogen-bond acceptors (Lipinski definition) is 5. The van der Waals surface area contributed by atoms with Crippen molar-refractivity contribution in [2.45, 2.75) is 66.6 Å². The molecule has 3 rings (SSSR count). The summed E-state index contributed by atoms with van der Waals surface area (Å²) in [7, 11) is -1.37. The van der Waals surface area contributed by atoms with Crippen LogP contribution in [0.1, 0.15) is 54.2 Å². The largest absolute Gasteiger partial charge is 0.474 e. The molecule has 2 aliphatic rings. The monoisotopic (exact) mass is 473 g/mol. The lowest BCUT2D eigenvalue weighted by Crippen LogP contribution is -2.71. The molecule has 1 N–H and O–H groups in total. The highest BCUT2D eigenvalue weighted by molar-refractivity contribution is 6.48. The molecule has 1 heterocycles. The molecule has 1 aromatic carbocycles. The van der Waals surface area contributed by atoms with Crippen LogP contribution in [0.15, 0.2) is 12.1 Å². The average molecular weight is 474 g/mol. The number of amides is 2. The SMILES string of the molecule is Cc1cc(C)c2c(c1)C(=O)[C@@H]([C@@H]1[C@H]([C@@H](CO[SiH](C)C)C(C)(C)C)C(=O)N1C(=O)C(=O)O)CC2. The highest BCUT2D eigenvalue weighted by Gasteiger charge is 2.61. The van der Waals surface area contributed by atoms with Crippen molar-refractivity contribution in [1.82, 2.24) is 4.90 Å². The van der Waals surface area contributed by atoms with Crippen molar-refractivity contribution in [3.05, 3.63) is 34.4 Å². The van der Waals surface area contributed by atoms with Crippen molar-refractivity contribution in [3.63, 3.8) is 0 Å². The Morgan fingerprint density at radius 3 is 2.39 bits per heavy atom. The highest BCUT2D eigenvalue weighted by Crippen LogP contribution is 2.47. The first-order valence-electron chi connectivity index (χ1n) is 11.6. The van der Waals surface area contributed by atoms with Gasteiger partial charge in [0.25, 0.3) is 0 Å². The quantitative estimate of drug-likeness (QED) is 0.401. The second-order valence-electron chi connectivity index (χ2n) is 10.8. The van der Waals surface area contributed by atoms with E-state index in [9.17, 15) is 24.3 Å². The van der Waals surface area contributed by atoms with Gasteiger partial charge >= 0.3 is 11.9 Å². The van der Waals surface area contributed by atoms with Gasteiger partial charge in [-0.3, -0.25) is 19.3 Å². The summed E-state index contributed by atoms with van der Waals surface area (Å²) in [5.41, 5.74) is 3.33. The third kappa shape index (κ3) is 4.68. The van der Waals surface area contributed by atoms with Crippen LogP contribution in [0, 0.1) is 37.0 Å². The summed E-state index contributed by atoms with van der Waals surface area (Å²) in [4.78, 5) is 51.8. The number of carboxylic acids is 1. The molecule has 1 aliphatic carbocycles. The first-order valence-corrected chi connectivity index (χ1v) is 14.4. The Labute approximate surface area is 197 Å². The molecule has 1 aliphatic heterocycles. The standard InChI is InChI=1S/C25H35NO6Si/c1-13-10-14(2)15-8-9-16(21(27)17(15)11-13)20-19(22(28)26(20)23(29)24(30)31)18(25(3,4)5)12-32-33(6)7/h10-11,16,18-20,33H,8-9,12H2,1-7H3,(H,30,31)/t16-,18-,19+,20-/m1/s1. The van der Waals surface area contributed by atoms with Crippen LogP contribution in [0.5, 0.6) is 0 Å². The van der Waals surface area contributed by atoms with Gasteiger partial charge in [-0.25, -0.2) is 4.79 Å². The van der Waals surface area contributed by atoms with E-state index in [2.05, 4.69) is 0 Å². The summed E-state index contributed by atoms with van der Waals surface area (Å²) >= 11 is 0. The van der Waals surface area contributed by atoms with Crippen LogP contribution in [0.4, 0.5) is 0 Å². The number of benzene rings is 1. The van der Waals surface area contributed by atoms with Crippen LogP contribution in [0.25, 0.3) is 0 Å². The fourth-order valence-corrected chi connectivity index (χ4v) is 6.00. The van der Waals surface area contributed by atoms with Crippen LogP contribution in [0.3, 0.4) is 0 Å². The summed E-state index contributed by atoms with van der Waals surface area (Å²) in [5.74, 6) is -5.06. The summed E-state index contributed by atoms with van der Waals surface area (Å²) in [6, 6.07) is 3.14. The molecule has 4 atom stereocenters. The van der Waals surface area contributed by atoms with Gasteiger partial charge in [0, 0.05) is 18.1 Å². The molecular formula is C25H35NO6Si. The second kappa shape index (κ2) is 9.14. The fraction of sp³-hybridized carbons (Fsp3) is 0.600. The van der Waals surface area contributed by atoms with Gasteiger partial charge in [-0.15, -0.1) is 0 Å². The van der Waals surface area contributed by atoms with E-state index < -0.39 is 44.7 Å². The lowest BCUT2D eigenvalue weighted by molar-refractivity contribution is -0.182. The fourth-order valence-electron chi connectivity index (χ4n) is 5.41. The molecule has 8 heteroatoms. The van der Waals surface area contributed by atoms with E-state index >= 15 is 0 Å². The zero-order chi connectivity index (χ0) is 24.8. The van der Waals surface area contributed by atoms with Crippen molar-refractivity contribution in [2.24, 2.45) is 23.2 Å². The first kappa shape index (κ1) is 25.3. The van der Waals surface area contributed by atoms with Crippen molar-refractivity contribution in [3.8, 4) is 0 Å². The number of likely N-dealkylation sites (tertiary alicyclic amines) is 1. The Hall–Kier alpha value is -2.32. The zero-order valence-electron chi connectivity index (χ0n) is 20.6. The molecule has 0 unspecified atom stereocenters. The maximum Gasteiger partial charge on any atom is 0.395 e. The molecule has 2 amide bonds. The molecule has 0 saturated carbocycles. The van der Waals surface area contributed by atoms with Gasteiger partial charge < -0.3 is 9.53 Å². The maximum atomic E-state index is 13.7. The van der Waals surface area contributed by atoms with Crippen LogP contribution < -0.4 is 0 Å². The third-order valence-electron chi connectivity index (χ3n) is 7.08. The molecule has 180 valence electrons. The van der Waals surface area contributed by atoms with Gasteiger partial charge in [0.15, 0.2) is 14.8 Å². The van der Waals surface area contributed by atoms with Crippen molar-refractivity contribution in [2.75, 3.05) is 6.61 Å². The lowest BCUT2D eigenvalue weighted by Gasteiger charge is -2.54. The number of nitrogens with zero attached hydrogens (tertiary/aromatic N) is 1. The number of carboxylic acid groups (broad SMARTS) is 1. The molecule has 0 aromatic heterocycles. The average Bonchev–Trinajstić information content (AvgIpc) is 2.68. The van der Waals surface area contributed by atoms with Gasteiger partial charge in [0.2, 0.25) is 5.91 Å². The van der Waals surface area contributed by atoms with Gasteiger partial charge in [-0.05, 0) is 68.3 Å². The number of aryl methyl sites for hydroxylation is 2.